The highest BCUT2D eigenvalue weighted by molar-refractivity contribution is 6.46. The number of hydrogen-bond acceptors (Lipinski definition) is 6. The molecule has 1 unspecified atom stereocenters. The standard InChI is InChI=1S/C31H33NO6/c1-3-4-19-37-25-15-9-12-23(21-25)29(33)27-28(32(17-10-18-36-2)31(35)30(27)34)22-11-8-16-26(20-22)38-24-13-6-5-7-14-24/h5-9,11-16,20-21,28,33H,3-4,10,17-19H2,1-2H3/b29-27+. The average Bonchev–Trinajstić information content (AvgIpc) is 3.19. The first-order chi connectivity index (χ1) is 18.5. The molecule has 1 atom stereocenters. The topological polar surface area (TPSA) is 85.3 Å². The van der Waals surface area contributed by atoms with Crippen molar-refractivity contribution in [1.82, 2.24) is 4.90 Å². The van der Waals surface area contributed by atoms with E-state index in [0.29, 0.717) is 54.6 Å². The van der Waals surface area contributed by atoms with Crippen molar-refractivity contribution in [3.63, 3.8) is 0 Å². The number of aliphatic hydroxyl groups excluding tert-OH is 1. The van der Waals surface area contributed by atoms with Crippen molar-refractivity contribution >= 4 is 17.4 Å². The van der Waals surface area contributed by atoms with Crippen LogP contribution in [0.25, 0.3) is 5.76 Å². The van der Waals surface area contributed by atoms with Crippen molar-refractivity contribution in [2.45, 2.75) is 32.2 Å². The van der Waals surface area contributed by atoms with Gasteiger partial charge < -0.3 is 24.2 Å². The van der Waals surface area contributed by atoms with Crippen LogP contribution in [0.5, 0.6) is 17.2 Å². The van der Waals surface area contributed by atoms with Crippen LogP contribution in [-0.4, -0.2) is 48.6 Å². The van der Waals surface area contributed by atoms with Gasteiger partial charge in [0, 0.05) is 25.8 Å². The number of carbonyl (C=O) groups is 2. The van der Waals surface area contributed by atoms with Gasteiger partial charge in [-0.15, -0.1) is 0 Å². The summed E-state index contributed by atoms with van der Waals surface area (Å²) in [7, 11) is 1.59. The predicted octanol–water partition coefficient (Wildman–Crippen LogP) is 6.12. The van der Waals surface area contributed by atoms with Crippen LogP contribution in [-0.2, 0) is 14.3 Å². The smallest absolute Gasteiger partial charge is 0.295 e. The monoisotopic (exact) mass is 515 g/mol. The summed E-state index contributed by atoms with van der Waals surface area (Å²) in [6, 6.07) is 22.8. The van der Waals surface area contributed by atoms with E-state index >= 15 is 0 Å². The second-order valence-electron chi connectivity index (χ2n) is 9.06. The van der Waals surface area contributed by atoms with Gasteiger partial charge in [0.25, 0.3) is 11.7 Å². The number of ketones is 1. The van der Waals surface area contributed by atoms with Crippen molar-refractivity contribution in [2.75, 3.05) is 26.9 Å². The van der Waals surface area contributed by atoms with Crippen molar-refractivity contribution in [3.05, 3.63) is 95.6 Å². The largest absolute Gasteiger partial charge is 0.507 e. The van der Waals surface area contributed by atoms with E-state index in [1.54, 1.807) is 37.4 Å². The lowest BCUT2D eigenvalue weighted by molar-refractivity contribution is -0.140. The Morgan fingerprint density at radius 3 is 2.37 bits per heavy atom. The van der Waals surface area contributed by atoms with Gasteiger partial charge in [-0.1, -0.05) is 55.8 Å². The van der Waals surface area contributed by atoms with Gasteiger partial charge in [-0.2, -0.15) is 0 Å². The van der Waals surface area contributed by atoms with Crippen molar-refractivity contribution in [1.29, 1.82) is 0 Å². The second-order valence-corrected chi connectivity index (χ2v) is 9.06. The Bertz CT molecular complexity index is 1290. The summed E-state index contributed by atoms with van der Waals surface area (Å²) in [4.78, 5) is 28.0. The van der Waals surface area contributed by atoms with Crippen LogP contribution in [0.2, 0.25) is 0 Å². The molecule has 0 spiro atoms. The van der Waals surface area contributed by atoms with Gasteiger partial charge in [0.15, 0.2) is 0 Å². The maximum absolute atomic E-state index is 13.3. The Labute approximate surface area is 223 Å². The van der Waals surface area contributed by atoms with Crippen LogP contribution in [0.1, 0.15) is 43.4 Å². The molecule has 1 aliphatic heterocycles. The quantitative estimate of drug-likeness (QED) is 0.135. The van der Waals surface area contributed by atoms with E-state index in [2.05, 4.69) is 6.92 Å². The highest BCUT2D eigenvalue weighted by Crippen LogP contribution is 2.41. The number of rotatable bonds is 12. The zero-order valence-electron chi connectivity index (χ0n) is 21.8. The fourth-order valence-corrected chi connectivity index (χ4v) is 4.43. The lowest BCUT2D eigenvalue weighted by Crippen LogP contribution is -2.31. The molecule has 1 fully saturated rings. The third kappa shape index (κ3) is 6.23. The minimum Gasteiger partial charge on any atom is -0.507 e. The molecule has 198 valence electrons. The van der Waals surface area contributed by atoms with E-state index in [-0.39, 0.29) is 11.3 Å². The average molecular weight is 516 g/mol. The first kappa shape index (κ1) is 26.9. The highest BCUT2D eigenvalue weighted by atomic mass is 16.5. The fraction of sp³-hybridized carbons (Fsp3) is 0.290. The molecule has 0 bridgehead atoms. The summed E-state index contributed by atoms with van der Waals surface area (Å²) in [5.74, 6) is 0.194. The number of nitrogens with zero attached hydrogens (tertiary/aromatic N) is 1. The van der Waals surface area contributed by atoms with Gasteiger partial charge in [0.05, 0.1) is 18.2 Å². The van der Waals surface area contributed by atoms with Gasteiger partial charge >= 0.3 is 0 Å². The lowest BCUT2D eigenvalue weighted by atomic mass is 9.95. The molecule has 0 radical (unpaired) electrons. The van der Waals surface area contributed by atoms with E-state index in [4.69, 9.17) is 14.2 Å². The molecule has 7 heteroatoms. The van der Waals surface area contributed by atoms with Gasteiger partial charge in [-0.3, -0.25) is 9.59 Å². The number of ether oxygens (including phenoxy) is 3. The van der Waals surface area contributed by atoms with Crippen LogP contribution >= 0.6 is 0 Å². The summed E-state index contributed by atoms with van der Waals surface area (Å²) in [5.41, 5.74) is 1.11. The summed E-state index contributed by atoms with van der Waals surface area (Å²) < 4.78 is 17.0. The van der Waals surface area contributed by atoms with E-state index in [9.17, 15) is 14.7 Å². The summed E-state index contributed by atoms with van der Waals surface area (Å²) in [6.45, 7) is 3.36. The number of aliphatic hydroxyl groups is 1. The fourth-order valence-electron chi connectivity index (χ4n) is 4.43. The molecule has 3 aromatic carbocycles. The molecule has 0 aliphatic carbocycles. The van der Waals surface area contributed by atoms with Crippen molar-refractivity contribution in [2.24, 2.45) is 0 Å². The highest BCUT2D eigenvalue weighted by Gasteiger charge is 2.46. The molecule has 0 aromatic heterocycles. The summed E-state index contributed by atoms with van der Waals surface area (Å²) >= 11 is 0. The Kier molecular flexibility index (Phi) is 9.16. The molecular formula is C31H33NO6. The Morgan fingerprint density at radius 1 is 0.868 bits per heavy atom. The normalized spacial score (nSPS) is 16.6. The first-order valence-electron chi connectivity index (χ1n) is 12.9. The molecule has 3 aromatic rings. The number of Topliss-reactive ketones (excluding diaryl/α,β-unsaturated/α-hetero) is 1. The summed E-state index contributed by atoms with van der Waals surface area (Å²) in [6.07, 6.45) is 2.45. The number of hydrogen-bond donors (Lipinski definition) is 1. The van der Waals surface area contributed by atoms with Gasteiger partial charge in [-0.05, 0) is 54.8 Å². The van der Waals surface area contributed by atoms with E-state index in [1.807, 2.05) is 48.5 Å². The Morgan fingerprint density at radius 2 is 1.61 bits per heavy atom. The number of benzene rings is 3. The van der Waals surface area contributed by atoms with Crippen molar-refractivity contribution in [3.8, 4) is 17.2 Å². The molecule has 1 aliphatic rings. The molecule has 0 saturated carbocycles. The molecular weight excluding hydrogens is 482 g/mol. The molecule has 1 saturated heterocycles. The van der Waals surface area contributed by atoms with Gasteiger partial charge in [-0.25, -0.2) is 0 Å². The molecule has 1 heterocycles. The SMILES string of the molecule is CCCCOc1cccc(/C(O)=C2\C(=O)C(=O)N(CCCOC)C2c2cccc(Oc3ccccc3)c2)c1. The minimum atomic E-state index is -0.782. The van der Waals surface area contributed by atoms with Crippen molar-refractivity contribution < 1.29 is 28.9 Å². The molecule has 4 rings (SSSR count). The van der Waals surface area contributed by atoms with Gasteiger partial charge in [0.2, 0.25) is 0 Å². The lowest BCUT2D eigenvalue weighted by Gasteiger charge is -2.25. The maximum Gasteiger partial charge on any atom is 0.295 e. The predicted molar refractivity (Wildman–Crippen MR) is 145 cm³/mol. The Balaban J connectivity index is 1.74. The molecule has 1 N–H and O–H groups in total. The second kappa shape index (κ2) is 12.9. The molecule has 1 amide bonds. The number of methoxy groups -OCH3 is 1. The molecule has 38 heavy (non-hydrogen) atoms. The maximum atomic E-state index is 13.3. The van der Waals surface area contributed by atoms with Crippen LogP contribution in [0, 0.1) is 0 Å². The summed E-state index contributed by atoms with van der Waals surface area (Å²) in [5, 5.41) is 11.4. The van der Waals surface area contributed by atoms with Crippen LogP contribution in [0.3, 0.4) is 0 Å². The number of amides is 1. The minimum absolute atomic E-state index is 0.0370. The Hall–Kier alpha value is -4.10. The van der Waals surface area contributed by atoms with Crippen LogP contribution in [0.4, 0.5) is 0 Å². The number of unbranched alkanes of at least 4 members (excludes halogenated alkanes) is 1. The number of likely N-dealkylation sites (tertiary alicyclic amines) is 1. The molecule has 7 nitrogen and oxygen atoms in total. The number of para-hydroxylation sites is 1. The zero-order chi connectivity index (χ0) is 26.9. The van der Waals surface area contributed by atoms with E-state index in [0.717, 1.165) is 12.8 Å². The third-order valence-electron chi connectivity index (χ3n) is 6.31. The third-order valence-corrected chi connectivity index (χ3v) is 6.31. The van der Waals surface area contributed by atoms with Crippen LogP contribution < -0.4 is 9.47 Å². The van der Waals surface area contributed by atoms with Gasteiger partial charge in [0.1, 0.15) is 23.0 Å². The number of carbonyl (C=O) groups excluding carboxylic acids is 2. The zero-order valence-corrected chi connectivity index (χ0v) is 21.8. The first-order valence-corrected chi connectivity index (χ1v) is 12.9. The van der Waals surface area contributed by atoms with E-state index in [1.165, 1.54) is 4.90 Å². The van der Waals surface area contributed by atoms with Crippen LogP contribution in [0.15, 0.2) is 84.4 Å². The van der Waals surface area contributed by atoms with E-state index < -0.39 is 17.7 Å².